The zero-order chi connectivity index (χ0) is 12.3. The van der Waals surface area contributed by atoms with E-state index in [9.17, 15) is 4.39 Å². The molecule has 1 saturated carbocycles. The molecule has 17 heavy (non-hydrogen) atoms. The molecule has 0 spiro atoms. The van der Waals surface area contributed by atoms with Crippen molar-refractivity contribution in [2.24, 2.45) is 5.92 Å². The molecule has 1 nitrogen and oxygen atoms in total. The lowest BCUT2D eigenvalue weighted by atomic mass is 9.92. The maximum Gasteiger partial charge on any atom is 0.123 e. The van der Waals surface area contributed by atoms with Gasteiger partial charge < -0.3 is 5.32 Å². The third-order valence-corrected chi connectivity index (χ3v) is 3.92. The minimum Gasteiger partial charge on any atom is -0.314 e. The number of benzene rings is 1. The van der Waals surface area contributed by atoms with E-state index in [-0.39, 0.29) is 5.82 Å². The molecular formula is C15H22FN. The summed E-state index contributed by atoms with van der Waals surface area (Å²) in [6, 6.07) is 5.77. The number of hydrogen-bond acceptors (Lipinski definition) is 1. The van der Waals surface area contributed by atoms with Crippen LogP contribution in [0.15, 0.2) is 18.2 Å². The second-order valence-corrected chi connectivity index (χ2v) is 5.13. The molecule has 2 rings (SSSR count). The minimum absolute atomic E-state index is 0.108. The zero-order valence-corrected chi connectivity index (χ0v) is 10.8. The van der Waals surface area contributed by atoms with Crippen molar-refractivity contribution in [3.8, 4) is 0 Å². The normalized spacial score (nSPS) is 24.2. The molecule has 0 amide bonds. The van der Waals surface area contributed by atoms with Gasteiger partial charge in [0.2, 0.25) is 0 Å². The molecule has 1 aliphatic rings. The van der Waals surface area contributed by atoms with Gasteiger partial charge in [-0.25, -0.2) is 4.39 Å². The van der Waals surface area contributed by atoms with E-state index < -0.39 is 0 Å². The number of nitrogens with one attached hydrogen (secondary N) is 1. The molecule has 1 N–H and O–H groups in total. The Labute approximate surface area is 103 Å². The van der Waals surface area contributed by atoms with Crippen LogP contribution in [0.3, 0.4) is 0 Å². The van der Waals surface area contributed by atoms with Crippen molar-refractivity contribution in [2.75, 3.05) is 6.54 Å². The van der Waals surface area contributed by atoms with Crippen LogP contribution in [0.5, 0.6) is 0 Å². The van der Waals surface area contributed by atoms with E-state index in [1.807, 2.05) is 6.07 Å². The van der Waals surface area contributed by atoms with Gasteiger partial charge in [-0.1, -0.05) is 19.4 Å². The Kier molecular flexibility index (Phi) is 4.16. The largest absolute Gasteiger partial charge is 0.314 e. The first-order valence-corrected chi connectivity index (χ1v) is 6.69. The highest BCUT2D eigenvalue weighted by molar-refractivity contribution is 5.27. The van der Waals surface area contributed by atoms with E-state index in [2.05, 4.69) is 19.2 Å². The SMILES string of the molecule is CCNC1CCCC1Cc1cc(F)ccc1C. The molecule has 0 heterocycles. The fourth-order valence-corrected chi connectivity index (χ4v) is 2.95. The maximum atomic E-state index is 13.3. The van der Waals surface area contributed by atoms with Crippen LogP contribution in [0.2, 0.25) is 0 Å². The van der Waals surface area contributed by atoms with Gasteiger partial charge >= 0.3 is 0 Å². The molecule has 1 fully saturated rings. The quantitative estimate of drug-likeness (QED) is 0.842. The molecule has 2 unspecified atom stereocenters. The Morgan fingerprint density at radius 2 is 2.18 bits per heavy atom. The number of aryl methyl sites for hydroxylation is 1. The molecule has 2 heteroatoms. The van der Waals surface area contributed by atoms with Crippen molar-refractivity contribution < 1.29 is 4.39 Å². The lowest BCUT2D eigenvalue weighted by molar-refractivity contribution is 0.405. The maximum absolute atomic E-state index is 13.3. The molecule has 2 atom stereocenters. The molecule has 1 aromatic carbocycles. The smallest absolute Gasteiger partial charge is 0.123 e. The van der Waals surface area contributed by atoms with Crippen LogP contribution in [0.25, 0.3) is 0 Å². The first-order valence-electron chi connectivity index (χ1n) is 6.69. The van der Waals surface area contributed by atoms with Gasteiger partial charge in [0, 0.05) is 6.04 Å². The molecule has 0 aliphatic heterocycles. The van der Waals surface area contributed by atoms with Crippen molar-refractivity contribution in [2.45, 2.75) is 45.6 Å². The highest BCUT2D eigenvalue weighted by Gasteiger charge is 2.26. The van der Waals surface area contributed by atoms with Crippen molar-refractivity contribution in [1.29, 1.82) is 0 Å². The summed E-state index contributed by atoms with van der Waals surface area (Å²) in [5.41, 5.74) is 2.40. The van der Waals surface area contributed by atoms with Crippen LogP contribution in [0, 0.1) is 18.7 Å². The van der Waals surface area contributed by atoms with Gasteiger partial charge in [-0.05, 0) is 61.9 Å². The van der Waals surface area contributed by atoms with Gasteiger partial charge in [0.05, 0.1) is 0 Å². The average molecular weight is 235 g/mol. The van der Waals surface area contributed by atoms with Crippen molar-refractivity contribution in [3.63, 3.8) is 0 Å². The molecule has 1 aromatic rings. The lowest BCUT2D eigenvalue weighted by Gasteiger charge is -2.21. The molecule has 94 valence electrons. The lowest BCUT2D eigenvalue weighted by Crippen LogP contribution is -2.33. The highest BCUT2D eigenvalue weighted by Crippen LogP contribution is 2.29. The van der Waals surface area contributed by atoms with E-state index in [4.69, 9.17) is 0 Å². The van der Waals surface area contributed by atoms with Crippen molar-refractivity contribution >= 4 is 0 Å². The van der Waals surface area contributed by atoms with Crippen LogP contribution in [-0.2, 0) is 6.42 Å². The highest BCUT2D eigenvalue weighted by atomic mass is 19.1. The Morgan fingerprint density at radius 1 is 1.35 bits per heavy atom. The Hall–Kier alpha value is -0.890. The third kappa shape index (κ3) is 3.06. The van der Waals surface area contributed by atoms with Crippen LogP contribution in [0.1, 0.15) is 37.3 Å². The molecule has 0 radical (unpaired) electrons. The number of halogens is 1. The van der Waals surface area contributed by atoms with Gasteiger partial charge in [-0.2, -0.15) is 0 Å². The van der Waals surface area contributed by atoms with Gasteiger partial charge in [0.15, 0.2) is 0 Å². The molecule has 1 aliphatic carbocycles. The Morgan fingerprint density at radius 3 is 2.94 bits per heavy atom. The topological polar surface area (TPSA) is 12.0 Å². The van der Waals surface area contributed by atoms with E-state index in [1.165, 1.54) is 30.4 Å². The first kappa shape index (κ1) is 12.6. The summed E-state index contributed by atoms with van der Waals surface area (Å²) in [7, 11) is 0. The van der Waals surface area contributed by atoms with E-state index in [0.717, 1.165) is 13.0 Å². The van der Waals surface area contributed by atoms with Gasteiger partial charge in [-0.15, -0.1) is 0 Å². The first-order chi connectivity index (χ1) is 8.20. The molecule has 0 saturated heterocycles. The van der Waals surface area contributed by atoms with E-state index in [1.54, 1.807) is 12.1 Å². The Bertz CT molecular complexity index is 375. The fraction of sp³-hybridized carbons (Fsp3) is 0.600. The summed E-state index contributed by atoms with van der Waals surface area (Å²) in [5.74, 6) is 0.569. The summed E-state index contributed by atoms with van der Waals surface area (Å²) >= 11 is 0. The molecule has 0 bridgehead atoms. The minimum atomic E-state index is -0.108. The van der Waals surface area contributed by atoms with E-state index >= 15 is 0 Å². The Balaban J connectivity index is 2.06. The fourth-order valence-electron chi connectivity index (χ4n) is 2.95. The summed E-state index contributed by atoms with van der Waals surface area (Å²) in [4.78, 5) is 0. The number of hydrogen-bond donors (Lipinski definition) is 1. The summed E-state index contributed by atoms with van der Waals surface area (Å²) < 4.78 is 13.3. The summed E-state index contributed by atoms with van der Waals surface area (Å²) in [5, 5.41) is 3.56. The van der Waals surface area contributed by atoms with Crippen LogP contribution >= 0.6 is 0 Å². The zero-order valence-electron chi connectivity index (χ0n) is 10.8. The van der Waals surface area contributed by atoms with Gasteiger partial charge in [-0.3, -0.25) is 0 Å². The van der Waals surface area contributed by atoms with Crippen LogP contribution < -0.4 is 5.32 Å². The second kappa shape index (κ2) is 5.63. The van der Waals surface area contributed by atoms with Crippen LogP contribution in [-0.4, -0.2) is 12.6 Å². The molecular weight excluding hydrogens is 213 g/mol. The monoisotopic (exact) mass is 235 g/mol. The predicted octanol–water partition coefficient (Wildman–Crippen LogP) is 3.45. The second-order valence-electron chi connectivity index (χ2n) is 5.13. The summed E-state index contributed by atoms with van der Waals surface area (Å²) in [6.45, 7) is 5.26. The van der Waals surface area contributed by atoms with Crippen molar-refractivity contribution in [3.05, 3.63) is 35.1 Å². The standard InChI is InChI=1S/C15H22FN/c1-3-17-15-6-4-5-12(15)9-13-10-14(16)8-7-11(13)2/h7-8,10,12,15,17H,3-6,9H2,1-2H3. The summed E-state index contributed by atoms with van der Waals surface area (Å²) in [6.07, 6.45) is 4.86. The predicted molar refractivity (Wildman–Crippen MR) is 69.6 cm³/mol. The average Bonchev–Trinajstić information content (AvgIpc) is 2.72. The van der Waals surface area contributed by atoms with Gasteiger partial charge in [0.25, 0.3) is 0 Å². The number of rotatable bonds is 4. The molecule has 0 aromatic heterocycles. The van der Waals surface area contributed by atoms with Gasteiger partial charge in [0.1, 0.15) is 5.82 Å². The van der Waals surface area contributed by atoms with E-state index in [0.29, 0.717) is 12.0 Å². The van der Waals surface area contributed by atoms with Crippen molar-refractivity contribution in [1.82, 2.24) is 5.32 Å². The van der Waals surface area contributed by atoms with Crippen LogP contribution in [0.4, 0.5) is 4.39 Å². The third-order valence-electron chi connectivity index (χ3n) is 3.92.